The van der Waals surface area contributed by atoms with Gasteiger partial charge in [-0.15, -0.1) is 0 Å². The van der Waals surface area contributed by atoms with Crippen LogP contribution in [0.3, 0.4) is 0 Å². The maximum atomic E-state index is 11.5. The van der Waals surface area contributed by atoms with Crippen LogP contribution in [-0.2, 0) is 11.3 Å². The number of ether oxygens (including phenoxy) is 1. The lowest BCUT2D eigenvalue weighted by Crippen LogP contribution is -2.28. The number of carbonyl (C=O) groups excluding carboxylic acids is 1. The molecule has 1 aliphatic rings. The molecule has 2 rings (SSSR count). The van der Waals surface area contributed by atoms with Gasteiger partial charge in [-0.1, -0.05) is 6.92 Å². The zero-order valence-electron chi connectivity index (χ0n) is 11.1. The Hall–Kier alpha value is -1.33. The quantitative estimate of drug-likeness (QED) is 0.817. The monoisotopic (exact) mass is 252 g/mol. The van der Waals surface area contributed by atoms with Crippen molar-refractivity contribution in [2.45, 2.75) is 26.4 Å². The molecular weight excluding hydrogens is 232 g/mol. The predicted octanol–water partition coefficient (Wildman–Crippen LogP) is 1.15. The van der Waals surface area contributed by atoms with Crippen molar-refractivity contribution >= 4 is 5.97 Å². The first-order valence-electron chi connectivity index (χ1n) is 6.16. The summed E-state index contributed by atoms with van der Waals surface area (Å²) in [5.41, 5.74) is 6.48. The van der Waals surface area contributed by atoms with E-state index in [0.29, 0.717) is 23.8 Å². The summed E-state index contributed by atoms with van der Waals surface area (Å²) in [6, 6.07) is 1.98. The normalized spacial score (nSPS) is 24.4. The van der Waals surface area contributed by atoms with Gasteiger partial charge in [-0.05, 0) is 18.9 Å². The molecule has 1 aromatic heterocycles. The van der Waals surface area contributed by atoms with E-state index < -0.39 is 0 Å². The second kappa shape index (κ2) is 5.12. The van der Waals surface area contributed by atoms with Crippen LogP contribution in [0.1, 0.15) is 28.8 Å². The molecule has 2 unspecified atom stereocenters. The Labute approximate surface area is 107 Å². The Morgan fingerprint density at radius 2 is 2.33 bits per heavy atom. The van der Waals surface area contributed by atoms with Gasteiger partial charge in [-0.2, -0.15) is 0 Å². The van der Waals surface area contributed by atoms with Gasteiger partial charge >= 0.3 is 5.97 Å². The fourth-order valence-corrected chi connectivity index (χ4v) is 2.38. The van der Waals surface area contributed by atoms with Gasteiger partial charge in [-0.3, -0.25) is 4.90 Å². The smallest absolute Gasteiger partial charge is 0.341 e. The number of methoxy groups -OCH3 is 1. The zero-order chi connectivity index (χ0) is 13.3. The molecule has 1 aliphatic heterocycles. The fourth-order valence-electron chi connectivity index (χ4n) is 2.38. The van der Waals surface area contributed by atoms with E-state index in [0.717, 1.165) is 18.8 Å². The molecule has 100 valence electrons. The predicted molar refractivity (Wildman–Crippen MR) is 67.2 cm³/mol. The third kappa shape index (κ3) is 2.57. The third-order valence-corrected chi connectivity index (χ3v) is 3.50. The Morgan fingerprint density at radius 1 is 1.61 bits per heavy atom. The standard InChI is InChI=1S/C13H20N2O3/c1-8-5-15(7-12(8)14)6-10-4-11(9(2)18-10)13(16)17-3/h4,8,12H,5-7,14H2,1-3H3. The number of furan rings is 1. The number of nitrogens with two attached hydrogens (primary N) is 1. The molecule has 0 spiro atoms. The van der Waals surface area contributed by atoms with Crippen LogP contribution >= 0.6 is 0 Å². The lowest BCUT2D eigenvalue weighted by molar-refractivity contribution is 0.0599. The molecule has 18 heavy (non-hydrogen) atoms. The third-order valence-electron chi connectivity index (χ3n) is 3.50. The van der Waals surface area contributed by atoms with Gasteiger partial charge in [0.25, 0.3) is 0 Å². The van der Waals surface area contributed by atoms with E-state index in [2.05, 4.69) is 11.8 Å². The summed E-state index contributed by atoms with van der Waals surface area (Å²) >= 11 is 0. The molecule has 0 radical (unpaired) electrons. The largest absolute Gasteiger partial charge is 0.465 e. The first-order valence-corrected chi connectivity index (χ1v) is 6.16. The lowest BCUT2D eigenvalue weighted by Gasteiger charge is -2.12. The van der Waals surface area contributed by atoms with Gasteiger partial charge in [0.05, 0.1) is 13.7 Å². The van der Waals surface area contributed by atoms with Gasteiger partial charge in [0.1, 0.15) is 17.1 Å². The van der Waals surface area contributed by atoms with E-state index in [1.807, 2.05) is 0 Å². The molecule has 1 aromatic rings. The van der Waals surface area contributed by atoms with Crippen molar-refractivity contribution in [3.05, 3.63) is 23.2 Å². The van der Waals surface area contributed by atoms with E-state index in [9.17, 15) is 4.79 Å². The van der Waals surface area contributed by atoms with Crippen LogP contribution in [0.25, 0.3) is 0 Å². The van der Waals surface area contributed by atoms with Gasteiger partial charge < -0.3 is 14.9 Å². The SMILES string of the molecule is COC(=O)c1cc(CN2CC(C)C(N)C2)oc1C. The molecule has 5 nitrogen and oxygen atoms in total. The van der Waals surface area contributed by atoms with Crippen molar-refractivity contribution in [3.63, 3.8) is 0 Å². The summed E-state index contributed by atoms with van der Waals surface area (Å²) in [6.45, 7) is 6.45. The van der Waals surface area contributed by atoms with E-state index in [1.165, 1.54) is 7.11 Å². The fraction of sp³-hybridized carbons (Fsp3) is 0.615. The van der Waals surface area contributed by atoms with Crippen LogP contribution in [-0.4, -0.2) is 37.1 Å². The number of rotatable bonds is 3. The molecule has 2 N–H and O–H groups in total. The van der Waals surface area contributed by atoms with Crippen molar-refractivity contribution in [2.24, 2.45) is 11.7 Å². The molecule has 0 amide bonds. The number of carbonyl (C=O) groups is 1. The molecule has 1 fully saturated rings. The van der Waals surface area contributed by atoms with E-state index in [-0.39, 0.29) is 12.0 Å². The molecular formula is C13H20N2O3. The minimum absolute atomic E-state index is 0.223. The summed E-state index contributed by atoms with van der Waals surface area (Å²) < 4.78 is 10.3. The first-order chi connectivity index (χ1) is 8.51. The maximum Gasteiger partial charge on any atom is 0.341 e. The van der Waals surface area contributed by atoms with Gasteiger partial charge in [-0.25, -0.2) is 4.79 Å². The number of esters is 1. The van der Waals surface area contributed by atoms with Crippen LogP contribution in [0, 0.1) is 12.8 Å². The molecule has 0 aliphatic carbocycles. The van der Waals surface area contributed by atoms with E-state index in [4.69, 9.17) is 14.9 Å². The summed E-state index contributed by atoms with van der Waals surface area (Å²) in [4.78, 5) is 13.7. The highest BCUT2D eigenvalue weighted by atomic mass is 16.5. The Balaban J connectivity index is 2.05. The Kier molecular flexibility index (Phi) is 3.73. The molecule has 1 saturated heterocycles. The van der Waals surface area contributed by atoms with Crippen LogP contribution in [0.15, 0.2) is 10.5 Å². The first kappa shape index (κ1) is 13.1. The Morgan fingerprint density at radius 3 is 2.89 bits per heavy atom. The molecule has 2 heterocycles. The average Bonchev–Trinajstić information content (AvgIpc) is 2.82. The summed E-state index contributed by atoms with van der Waals surface area (Å²) in [7, 11) is 1.37. The van der Waals surface area contributed by atoms with E-state index >= 15 is 0 Å². The molecule has 2 atom stereocenters. The highest BCUT2D eigenvalue weighted by Crippen LogP contribution is 2.21. The molecule has 0 saturated carbocycles. The summed E-state index contributed by atoms with van der Waals surface area (Å²) in [6.07, 6.45) is 0. The van der Waals surface area contributed by atoms with Crippen LogP contribution in [0.2, 0.25) is 0 Å². The van der Waals surface area contributed by atoms with Crippen molar-refractivity contribution in [3.8, 4) is 0 Å². The summed E-state index contributed by atoms with van der Waals surface area (Å²) in [5.74, 6) is 1.54. The maximum absolute atomic E-state index is 11.5. The van der Waals surface area contributed by atoms with Crippen LogP contribution < -0.4 is 5.73 Å². The molecule has 5 heteroatoms. The van der Waals surface area contributed by atoms with Crippen LogP contribution in [0.5, 0.6) is 0 Å². The summed E-state index contributed by atoms with van der Waals surface area (Å²) in [5, 5.41) is 0. The molecule has 0 aromatic carbocycles. The van der Waals surface area contributed by atoms with Crippen molar-refractivity contribution in [2.75, 3.05) is 20.2 Å². The van der Waals surface area contributed by atoms with Gasteiger partial charge in [0.15, 0.2) is 0 Å². The van der Waals surface area contributed by atoms with Gasteiger partial charge in [0.2, 0.25) is 0 Å². The van der Waals surface area contributed by atoms with Crippen molar-refractivity contribution in [1.82, 2.24) is 4.90 Å². The minimum atomic E-state index is -0.353. The van der Waals surface area contributed by atoms with E-state index in [1.54, 1.807) is 13.0 Å². The number of likely N-dealkylation sites (tertiary alicyclic amines) is 1. The minimum Gasteiger partial charge on any atom is -0.465 e. The average molecular weight is 252 g/mol. The highest BCUT2D eigenvalue weighted by molar-refractivity contribution is 5.90. The van der Waals surface area contributed by atoms with Crippen LogP contribution in [0.4, 0.5) is 0 Å². The second-order valence-electron chi connectivity index (χ2n) is 5.01. The lowest BCUT2D eigenvalue weighted by atomic mass is 10.1. The number of aryl methyl sites for hydroxylation is 1. The van der Waals surface area contributed by atoms with Crippen molar-refractivity contribution in [1.29, 1.82) is 0 Å². The number of hydrogen-bond acceptors (Lipinski definition) is 5. The second-order valence-corrected chi connectivity index (χ2v) is 5.01. The van der Waals surface area contributed by atoms with Gasteiger partial charge in [0, 0.05) is 19.1 Å². The number of hydrogen-bond donors (Lipinski definition) is 1. The Bertz CT molecular complexity index is 431. The topological polar surface area (TPSA) is 68.7 Å². The highest BCUT2D eigenvalue weighted by Gasteiger charge is 2.27. The van der Waals surface area contributed by atoms with Crippen molar-refractivity contribution < 1.29 is 13.9 Å². The molecule has 0 bridgehead atoms. The zero-order valence-corrected chi connectivity index (χ0v) is 11.1. The number of nitrogens with zero attached hydrogens (tertiary/aromatic N) is 1.